The molecule has 0 heterocycles. The molecule has 0 spiro atoms. The molecule has 1 aromatic carbocycles. The quantitative estimate of drug-likeness (QED) is 0.738. The number of amides is 1. The molecule has 1 amide bonds. The van der Waals surface area contributed by atoms with Crippen molar-refractivity contribution in [3.8, 4) is 5.75 Å². The average Bonchev–Trinajstić information content (AvgIpc) is 3.20. The van der Waals surface area contributed by atoms with Gasteiger partial charge in [0.25, 0.3) is 10.0 Å². The molecule has 0 radical (unpaired) electrons. The van der Waals surface area contributed by atoms with Crippen molar-refractivity contribution in [1.29, 1.82) is 0 Å². The third kappa shape index (κ3) is 3.58. The number of carboxylic acids is 1. The summed E-state index contributed by atoms with van der Waals surface area (Å²) in [6.07, 6.45) is 0.936. The monoisotopic (exact) mass is 349 g/mol. The van der Waals surface area contributed by atoms with Gasteiger partial charge in [-0.15, -0.1) is 0 Å². The first-order valence-electron chi connectivity index (χ1n) is 6.50. The summed E-state index contributed by atoms with van der Waals surface area (Å²) in [5, 5.41) is 8.98. The standard InChI is InChI=1S/C13H13F2NO6S/c1-22-7-4-8(14)11(9(15)5-7)23(20,21)16-12(17)10(13(18)19)6-2-3-6/h4-6,10H,2-3H2,1H3,(H,16,17)(H,18,19). The van der Waals surface area contributed by atoms with Crippen LogP contribution in [-0.4, -0.2) is 32.5 Å². The van der Waals surface area contributed by atoms with Crippen LogP contribution in [0.5, 0.6) is 5.75 Å². The molecule has 23 heavy (non-hydrogen) atoms. The maximum Gasteiger partial charge on any atom is 0.316 e. The Morgan fingerprint density at radius 3 is 2.22 bits per heavy atom. The van der Waals surface area contributed by atoms with Gasteiger partial charge in [-0.05, 0) is 18.8 Å². The number of carbonyl (C=O) groups is 2. The van der Waals surface area contributed by atoms with Gasteiger partial charge in [0.15, 0.2) is 4.90 Å². The molecule has 1 fully saturated rings. The van der Waals surface area contributed by atoms with Crippen molar-refractivity contribution in [2.24, 2.45) is 11.8 Å². The van der Waals surface area contributed by atoms with Gasteiger partial charge in [0.05, 0.1) is 7.11 Å². The molecule has 0 aliphatic heterocycles. The highest BCUT2D eigenvalue weighted by Gasteiger charge is 2.43. The molecule has 2 N–H and O–H groups in total. The van der Waals surface area contributed by atoms with Crippen LogP contribution in [0.4, 0.5) is 8.78 Å². The van der Waals surface area contributed by atoms with Crippen LogP contribution < -0.4 is 9.46 Å². The predicted molar refractivity (Wildman–Crippen MR) is 72.1 cm³/mol. The molecule has 1 aliphatic rings. The van der Waals surface area contributed by atoms with Crippen LogP contribution in [0.1, 0.15) is 12.8 Å². The Balaban J connectivity index is 2.32. The van der Waals surface area contributed by atoms with Crippen molar-refractivity contribution in [3.05, 3.63) is 23.8 Å². The Labute approximate surface area is 130 Å². The fourth-order valence-corrected chi connectivity index (χ4v) is 3.24. The summed E-state index contributed by atoms with van der Waals surface area (Å²) >= 11 is 0. The SMILES string of the molecule is COc1cc(F)c(S(=O)(=O)NC(=O)C(C(=O)O)C2CC2)c(F)c1. The molecule has 126 valence electrons. The molecule has 10 heteroatoms. The number of nitrogens with one attached hydrogen (secondary N) is 1. The van der Waals surface area contributed by atoms with Gasteiger partial charge in [-0.3, -0.25) is 9.59 Å². The number of benzene rings is 1. The Bertz CT molecular complexity index is 737. The Hall–Kier alpha value is -2.23. The maximum atomic E-state index is 13.8. The van der Waals surface area contributed by atoms with Crippen LogP contribution in [0.15, 0.2) is 17.0 Å². The van der Waals surface area contributed by atoms with Gasteiger partial charge in [-0.1, -0.05) is 0 Å². The van der Waals surface area contributed by atoms with Crippen molar-refractivity contribution >= 4 is 21.9 Å². The normalized spacial score (nSPS) is 15.8. The zero-order chi connectivity index (χ0) is 17.4. The molecule has 1 aromatic rings. The fraction of sp³-hybridized carbons (Fsp3) is 0.385. The molecule has 0 saturated heterocycles. The highest BCUT2D eigenvalue weighted by molar-refractivity contribution is 7.90. The average molecular weight is 349 g/mol. The molecule has 1 aliphatic carbocycles. The van der Waals surface area contributed by atoms with Crippen LogP contribution in [0.2, 0.25) is 0 Å². The van der Waals surface area contributed by atoms with Gasteiger partial charge in [0.2, 0.25) is 5.91 Å². The lowest BCUT2D eigenvalue weighted by Crippen LogP contribution is -2.40. The van der Waals surface area contributed by atoms with Crippen molar-refractivity contribution in [2.75, 3.05) is 7.11 Å². The minimum absolute atomic E-state index is 0.244. The summed E-state index contributed by atoms with van der Waals surface area (Å²) < 4.78 is 57.7. The molecule has 1 atom stereocenters. The van der Waals surface area contributed by atoms with E-state index in [9.17, 15) is 26.8 Å². The van der Waals surface area contributed by atoms with Crippen LogP contribution in [0, 0.1) is 23.5 Å². The van der Waals surface area contributed by atoms with E-state index in [1.807, 2.05) is 0 Å². The molecular formula is C13H13F2NO6S. The number of ether oxygens (including phenoxy) is 1. The Kier molecular flexibility index (Phi) is 4.55. The van der Waals surface area contributed by atoms with Crippen LogP contribution in [0.25, 0.3) is 0 Å². The number of carbonyl (C=O) groups excluding carboxylic acids is 1. The number of sulfonamides is 1. The second-order valence-corrected chi connectivity index (χ2v) is 6.66. The van der Waals surface area contributed by atoms with E-state index in [1.54, 1.807) is 0 Å². The lowest BCUT2D eigenvalue weighted by molar-refractivity contribution is -0.147. The number of carboxylic acid groups (broad SMARTS) is 1. The summed E-state index contributed by atoms with van der Waals surface area (Å²) in [6.45, 7) is 0. The summed E-state index contributed by atoms with van der Waals surface area (Å²) in [4.78, 5) is 21.5. The van der Waals surface area contributed by atoms with Gasteiger partial charge < -0.3 is 9.84 Å². The molecule has 2 rings (SSSR count). The van der Waals surface area contributed by atoms with Crippen LogP contribution in [-0.2, 0) is 19.6 Å². The molecule has 1 saturated carbocycles. The highest BCUT2D eigenvalue weighted by Crippen LogP contribution is 2.37. The van der Waals surface area contributed by atoms with E-state index in [-0.39, 0.29) is 5.75 Å². The van der Waals surface area contributed by atoms with E-state index in [2.05, 4.69) is 4.74 Å². The van der Waals surface area contributed by atoms with E-state index in [0.717, 1.165) is 7.11 Å². The van der Waals surface area contributed by atoms with E-state index in [1.165, 1.54) is 4.72 Å². The summed E-state index contributed by atoms with van der Waals surface area (Å²) in [6, 6.07) is 1.27. The highest BCUT2D eigenvalue weighted by atomic mass is 32.2. The minimum atomic E-state index is -4.90. The maximum absolute atomic E-state index is 13.8. The minimum Gasteiger partial charge on any atom is -0.497 e. The van der Waals surface area contributed by atoms with E-state index in [0.29, 0.717) is 25.0 Å². The van der Waals surface area contributed by atoms with E-state index in [4.69, 9.17) is 5.11 Å². The predicted octanol–water partition coefficient (Wildman–Crippen LogP) is 0.889. The summed E-state index contributed by atoms with van der Waals surface area (Å²) in [5.74, 6) is -8.03. The lowest BCUT2D eigenvalue weighted by Gasteiger charge is -2.13. The number of aliphatic carboxylic acids is 1. The Morgan fingerprint density at radius 1 is 1.30 bits per heavy atom. The van der Waals surface area contributed by atoms with Gasteiger partial charge in [0, 0.05) is 12.1 Å². The fourth-order valence-electron chi connectivity index (χ4n) is 2.12. The zero-order valence-corrected chi connectivity index (χ0v) is 12.7. The molecule has 0 bridgehead atoms. The topological polar surface area (TPSA) is 110 Å². The number of rotatable bonds is 6. The molecule has 0 aromatic heterocycles. The number of hydrogen-bond acceptors (Lipinski definition) is 5. The first-order valence-corrected chi connectivity index (χ1v) is 7.98. The van der Waals surface area contributed by atoms with E-state index >= 15 is 0 Å². The second-order valence-electron chi connectivity index (χ2n) is 5.04. The summed E-state index contributed by atoms with van der Waals surface area (Å²) in [5.41, 5.74) is 0. The van der Waals surface area contributed by atoms with Crippen molar-refractivity contribution in [1.82, 2.24) is 4.72 Å². The summed E-state index contributed by atoms with van der Waals surface area (Å²) in [7, 11) is -3.76. The lowest BCUT2D eigenvalue weighted by atomic mass is 10.0. The largest absolute Gasteiger partial charge is 0.497 e. The number of methoxy groups -OCH3 is 1. The molecule has 7 nitrogen and oxygen atoms in total. The zero-order valence-electron chi connectivity index (χ0n) is 11.9. The number of halogens is 2. The molecular weight excluding hydrogens is 336 g/mol. The van der Waals surface area contributed by atoms with Crippen LogP contribution >= 0.6 is 0 Å². The smallest absolute Gasteiger partial charge is 0.316 e. The van der Waals surface area contributed by atoms with Crippen molar-refractivity contribution in [3.63, 3.8) is 0 Å². The van der Waals surface area contributed by atoms with Gasteiger partial charge in [-0.2, -0.15) is 0 Å². The van der Waals surface area contributed by atoms with Crippen molar-refractivity contribution in [2.45, 2.75) is 17.7 Å². The third-order valence-electron chi connectivity index (χ3n) is 3.35. The van der Waals surface area contributed by atoms with Gasteiger partial charge in [0.1, 0.15) is 23.3 Å². The van der Waals surface area contributed by atoms with E-state index < -0.39 is 50.3 Å². The number of hydrogen-bond donors (Lipinski definition) is 2. The van der Waals surface area contributed by atoms with Crippen LogP contribution in [0.3, 0.4) is 0 Å². The van der Waals surface area contributed by atoms with Gasteiger partial charge >= 0.3 is 5.97 Å². The Morgan fingerprint density at radius 2 is 1.83 bits per heavy atom. The first kappa shape index (κ1) is 17.1. The molecule has 1 unspecified atom stereocenters. The third-order valence-corrected chi connectivity index (χ3v) is 4.75. The van der Waals surface area contributed by atoms with Crippen molar-refractivity contribution < 1.29 is 36.6 Å². The second kappa shape index (κ2) is 6.11. The first-order chi connectivity index (χ1) is 10.7. The van der Waals surface area contributed by atoms with Gasteiger partial charge in [-0.25, -0.2) is 21.9 Å².